The van der Waals surface area contributed by atoms with Crippen molar-refractivity contribution in [2.24, 2.45) is 17.8 Å². The molecule has 0 spiro atoms. The summed E-state index contributed by atoms with van der Waals surface area (Å²) in [5, 5.41) is 31.9. The summed E-state index contributed by atoms with van der Waals surface area (Å²) < 4.78 is 5.36. The Kier molecular flexibility index (Phi) is 17.6. The molecule has 2 aromatic rings. The number of nitrogens with zero attached hydrogens (tertiary/aromatic N) is 1. The van der Waals surface area contributed by atoms with Crippen LogP contribution in [0.25, 0.3) is 0 Å². The van der Waals surface area contributed by atoms with E-state index >= 15 is 0 Å². The Morgan fingerprint density at radius 3 is 2.02 bits per heavy atom. The van der Waals surface area contributed by atoms with Gasteiger partial charge >= 0.3 is 6.09 Å². The molecule has 0 aliphatic heterocycles. The van der Waals surface area contributed by atoms with Gasteiger partial charge in [-0.05, 0) is 47.8 Å². The van der Waals surface area contributed by atoms with Crippen molar-refractivity contribution in [2.45, 2.75) is 111 Å². The molecule has 0 aliphatic rings. The standard InChI is InChI=1S/C36H55N5O7/c1-7-25(6)31(21-42)38-33(44)19-32(43)28(16-23(2)3)39-34(45)29(17-24(4)5)40-35(46)30(18-27-14-11-15-37-20-27)41-36(47)48-22-26-12-9-8-10-13-26/h8-15,20,23-25,28-32,42-43H,7,16-19,21-22H2,1-6H3,(H,38,44)(H,39,45)(H,40,46)(H,41,47)/t25-,28-,29-,30-,31+,32-/m0/s1. The third-order valence-corrected chi connectivity index (χ3v) is 8.11. The highest BCUT2D eigenvalue weighted by Gasteiger charge is 2.32. The van der Waals surface area contributed by atoms with E-state index in [4.69, 9.17) is 4.74 Å². The highest BCUT2D eigenvalue weighted by atomic mass is 16.5. The fourth-order valence-corrected chi connectivity index (χ4v) is 5.20. The molecule has 0 bridgehead atoms. The molecule has 6 atom stereocenters. The molecule has 1 aromatic carbocycles. The minimum atomic E-state index is -1.21. The average molecular weight is 670 g/mol. The summed E-state index contributed by atoms with van der Waals surface area (Å²) in [5.74, 6) is -1.40. The molecule has 0 unspecified atom stereocenters. The molecule has 0 radical (unpaired) electrons. The zero-order valence-electron chi connectivity index (χ0n) is 29.1. The van der Waals surface area contributed by atoms with Crippen LogP contribution in [0, 0.1) is 17.8 Å². The van der Waals surface area contributed by atoms with Crippen LogP contribution < -0.4 is 21.3 Å². The molecule has 48 heavy (non-hydrogen) atoms. The van der Waals surface area contributed by atoms with Crippen molar-refractivity contribution in [3.8, 4) is 0 Å². The number of aliphatic hydroxyl groups is 2. The Labute approximate surface area is 284 Å². The van der Waals surface area contributed by atoms with E-state index in [2.05, 4.69) is 26.3 Å². The van der Waals surface area contributed by atoms with Crippen LogP contribution in [-0.4, -0.2) is 75.9 Å². The number of hydrogen-bond acceptors (Lipinski definition) is 8. The normalized spacial score (nSPS) is 15.0. The third-order valence-electron chi connectivity index (χ3n) is 8.11. The Hall–Kier alpha value is -4.03. The van der Waals surface area contributed by atoms with Gasteiger partial charge in [0, 0.05) is 18.8 Å². The summed E-state index contributed by atoms with van der Waals surface area (Å²) in [6.07, 6.45) is 2.46. The summed E-state index contributed by atoms with van der Waals surface area (Å²) in [6, 6.07) is 9.36. The van der Waals surface area contributed by atoms with Crippen LogP contribution in [0.5, 0.6) is 0 Å². The van der Waals surface area contributed by atoms with Crippen molar-refractivity contribution in [3.63, 3.8) is 0 Å². The number of benzene rings is 1. The summed E-state index contributed by atoms with van der Waals surface area (Å²) in [5.41, 5.74) is 1.48. The Bertz CT molecular complexity index is 1260. The lowest BCUT2D eigenvalue weighted by molar-refractivity contribution is -0.132. The van der Waals surface area contributed by atoms with Gasteiger partial charge in [-0.1, -0.05) is 84.4 Å². The van der Waals surface area contributed by atoms with Gasteiger partial charge < -0.3 is 36.2 Å². The first-order chi connectivity index (χ1) is 22.8. The zero-order valence-corrected chi connectivity index (χ0v) is 29.1. The summed E-state index contributed by atoms with van der Waals surface area (Å²) >= 11 is 0. The molecule has 2 rings (SSSR count). The van der Waals surface area contributed by atoms with E-state index in [0.29, 0.717) is 12.0 Å². The molecule has 6 N–H and O–H groups in total. The number of aromatic nitrogens is 1. The predicted molar refractivity (Wildman–Crippen MR) is 183 cm³/mol. The van der Waals surface area contributed by atoms with Gasteiger partial charge in [0.2, 0.25) is 17.7 Å². The smallest absolute Gasteiger partial charge is 0.408 e. The maximum absolute atomic E-state index is 13.7. The van der Waals surface area contributed by atoms with Crippen molar-refractivity contribution in [1.82, 2.24) is 26.3 Å². The monoisotopic (exact) mass is 669 g/mol. The molecule has 1 heterocycles. The number of pyridine rings is 1. The van der Waals surface area contributed by atoms with Gasteiger partial charge in [-0.15, -0.1) is 0 Å². The molecular weight excluding hydrogens is 614 g/mol. The van der Waals surface area contributed by atoms with Gasteiger partial charge in [0.1, 0.15) is 18.7 Å². The summed E-state index contributed by atoms with van der Waals surface area (Å²) in [7, 11) is 0. The second-order valence-electron chi connectivity index (χ2n) is 13.3. The minimum absolute atomic E-state index is 0.0110. The Balaban J connectivity index is 2.18. The predicted octanol–water partition coefficient (Wildman–Crippen LogP) is 3.26. The van der Waals surface area contributed by atoms with Crippen LogP contribution >= 0.6 is 0 Å². The van der Waals surface area contributed by atoms with Crippen molar-refractivity contribution >= 4 is 23.8 Å². The summed E-state index contributed by atoms with van der Waals surface area (Å²) in [6.45, 7) is 11.4. The van der Waals surface area contributed by atoms with Crippen molar-refractivity contribution in [2.75, 3.05) is 6.61 Å². The van der Waals surface area contributed by atoms with Crippen molar-refractivity contribution < 1.29 is 34.1 Å². The Morgan fingerprint density at radius 2 is 1.44 bits per heavy atom. The number of amides is 4. The van der Waals surface area contributed by atoms with E-state index in [-0.39, 0.29) is 50.2 Å². The van der Waals surface area contributed by atoms with Crippen LogP contribution in [-0.2, 0) is 32.1 Å². The number of nitrogens with one attached hydrogen (secondary N) is 4. The quantitative estimate of drug-likeness (QED) is 0.124. The molecule has 266 valence electrons. The number of rotatable bonds is 20. The van der Waals surface area contributed by atoms with Gasteiger partial charge in [-0.2, -0.15) is 0 Å². The fraction of sp³-hybridized carbons (Fsp3) is 0.583. The van der Waals surface area contributed by atoms with Crippen LogP contribution in [0.4, 0.5) is 4.79 Å². The first-order valence-electron chi connectivity index (χ1n) is 16.9. The number of carbonyl (C=O) groups excluding carboxylic acids is 4. The Morgan fingerprint density at radius 1 is 0.792 bits per heavy atom. The molecule has 0 saturated carbocycles. The van der Waals surface area contributed by atoms with E-state index < -0.39 is 54.1 Å². The van der Waals surface area contributed by atoms with Crippen LogP contribution in [0.2, 0.25) is 0 Å². The maximum Gasteiger partial charge on any atom is 0.408 e. The van der Waals surface area contributed by atoms with Crippen LogP contribution in [0.15, 0.2) is 54.9 Å². The molecule has 4 amide bonds. The van der Waals surface area contributed by atoms with Crippen molar-refractivity contribution in [3.05, 3.63) is 66.0 Å². The molecule has 0 fully saturated rings. The van der Waals surface area contributed by atoms with Crippen LogP contribution in [0.1, 0.15) is 78.4 Å². The minimum Gasteiger partial charge on any atom is -0.445 e. The largest absolute Gasteiger partial charge is 0.445 e. The number of hydrogen-bond donors (Lipinski definition) is 6. The molecule has 1 aromatic heterocycles. The molecule has 0 saturated heterocycles. The first kappa shape index (κ1) is 40.1. The lowest BCUT2D eigenvalue weighted by Gasteiger charge is -2.30. The number of alkyl carbamates (subject to hydrolysis) is 1. The van der Waals surface area contributed by atoms with E-state index in [0.717, 1.165) is 12.0 Å². The van der Waals surface area contributed by atoms with Gasteiger partial charge in [-0.3, -0.25) is 19.4 Å². The second kappa shape index (κ2) is 21.0. The van der Waals surface area contributed by atoms with E-state index in [9.17, 15) is 29.4 Å². The molecule has 0 aliphatic carbocycles. The topological polar surface area (TPSA) is 179 Å². The molecule has 12 nitrogen and oxygen atoms in total. The zero-order chi connectivity index (χ0) is 35.6. The fourth-order valence-electron chi connectivity index (χ4n) is 5.20. The summed E-state index contributed by atoms with van der Waals surface area (Å²) in [4.78, 5) is 57.1. The van der Waals surface area contributed by atoms with Crippen LogP contribution in [0.3, 0.4) is 0 Å². The maximum atomic E-state index is 13.7. The van der Waals surface area contributed by atoms with E-state index in [1.807, 2.05) is 71.9 Å². The third kappa shape index (κ3) is 14.8. The van der Waals surface area contributed by atoms with Gasteiger partial charge in [-0.25, -0.2) is 4.79 Å². The lowest BCUT2D eigenvalue weighted by Crippen LogP contribution is -2.57. The lowest BCUT2D eigenvalue weighted by atomic mass is 9.95. The highest BCUT2D eigenvalue weighted by Crippen LogP contribution is 2.15. The number of ether oxygens (including phenoxy) is 1. The SMILES string of the molecule is CC[C@H](C)[C@@H](CO)NC(=O)C[C@H](O)[C@H](CC(C)C)NC(=O)[C@H](CC(C)C)NC(=O)[C@H](Cc1cccnc1)NC(=O)OCc1ccccc1. The van der Waals surface area contributed by atoms with Gasteiger partial charge in [0.05, 0.1) is 31.2 Å². The van der Waals surface area contributed by atoms with Crippen molar-refractivity contribution in [1.29, 1.82) is 0 Å². The van der Waals surface area contributed by atoms with E-state index in [1.54, 1.807) is 24.5 Å². The van der Waals surface area contributed by atoms with Gasteiger partial charge in [0.25, 0.3) is 0 Å². The molecule has 12 heteroatoms. The molecular formula is C36H55N5O7. The second-order valence-corrected chi connectivity index (χ2v) is 13.3. The first-order valence-corrected chi connectivity index (χ1v) is 16.9. The highest BCUT2D eigenvalue weighted by molar-refractivity contribution is 5.91. The average Bonchev–Trinajstić information content (AvgIpc) is 3.05. The number of carbonyl (C=O) groups is 4. The number of aliphatic hydroxyl groups excluding tert-OH is 2. The van der Waals surface area contributed by atoms with Gasteiger partial charge in [0.15, 0.2) is 0 Å². The van der Waals surface area contributed by atoms with E-state index in [1.165, 1.54) is 0 Å².